The Kier molecular flexibility index (Phi) is 11.8. The summed E-state index contributed by atoms with van der Waals surface area (Å²) in [5.74, 6) is -0.238. The van der Waals surface area contributed by atoms with E-state index in [0.29, 0.717) is 23.2 Å². The van der Waals surface area contributed by atoms with Crippen LogP contribution in [0.2, 0.25) is 21.7 Å². The van der Waals surface area contributed by atoms with Crippen LogP contribution < -0.4 is 10.4 Å². The Balaban J connectivity index is 2.17. The molecule has 0 aliphatic carbocycles. The minimum absolute atomic E-state index is 0.0248. The van der Waals surface area contributed by atoms with Crippen LogP contribution in [-0.4, -0.2) is 35.0 Å². The average molecular weight is 656 g/mol. The monoisotopic (exact) mass is 654 g/mol. The minimum atomic E-state index is -2.78. The fourth-order valence-corrected chi connectivity index (χ4v) is 17.7. The van der Waals surface area contributed by atoms with Gasteiger partial charge >= 0.3 is 0 Å². The molecule has 224 valence electrons. The molecule has 6 heteroatoms. The number of rotatable bonds is 13. The van der Waals surface area contributed by atoms with Crippen molar-refractivity contribution >= 4 is 42.9 Å². The summed E-state index contributed by atoms with van der Waals surface area (Å²) in [6, 6.07) is 29.8. The van der Waals surface area contributed by atoms with Crippen LogP contribution in [0.25, 0.3) is 0 Å². The highest BCUT2D eigenvalue weighted by Crippen LogP contribution is 2.48. The first-order chi connectivity index (χ1) is 19.3. The van der Waals surface area contributed by atoms with Gasteiger partial charge < -0.3 is 14.0 Å². The predicted molar refractivity (Wildman–Crippen MR) is 183 cm³/mol. The molecule has 1 N–H and O–H groups in total. The number of hydrogen-bond acceptors (Lipinski definition) is 3. The van der Waals surface area contributed by atoms with E-state index in [2.05, 4.69) is 157 Å². The van der Waals surface area contributed by atoms with Crippen molar-refractivity contribution in [2.45, 2.75) is 90.1 Å². The number of aliphatic hydroxyl groups is 1. The van der Waals surface area contributed by atoms with Gasteiger partial charge in [-0.25, -0.2) is 0 Å². The Bertz CT molecular complexity index is 1150. The Morgan fingerprint density at radius 3 is 1.54 bits per heavy atom. The Labute approximate surface area is 260 Å². The normalized spacial score (nSPS) is 14.6. The molecule has 3 aromatic rings. The third-order valence-corrected chi connectivity index (χ3v) is 20.6. The molecule has 0 aliphatic heterocycles. The van der Waals surface area contributed by atoms with Gasteiger partial charge in [-0.1, -0.05) is 157 Å². The number of halogens is 1. The van der Waals surface area contributed by atoms with E-state index in [4.69, 9.17) is 8.85 Å². The van der Waals surface area contributed by atoms with Gasteiger partial charge in [0.05, 0.1) is 12.7 Å². The zero-order chi connectivity index (χ0) is 30.4. The van der Waals surface area contributed by atoms with E-state index < -0.39 is 16.6 Å². The SMILES string of the molecule is CC(C)[Si](O[C@@H](c1ccccc1Br)[C@@H](CO)CO[Si](c1ccccc1)(c1ccccc1)C(C)(C)C)(C(C)C)C(C)C. The van der Waals surface area contributed by atoms with Crippen LogP contribution in [0.4, 0.5) is 0 Å². The molecule has 0 fully saturated rings. The van der Waals surface area contributed by atoms with Crippen LogP contribution in [0.3, 0.4) is 0 Å². The summed E-state index contributed by atoms with van der Waals surface area (Å²) < 4.78 is 15.9. The summed E-state index contributed by atoms with van der Waals surface area (Å²) in [5, 5.41) is 13.4. The van der Waals surface area contributed by atoms with Crippen LogP contribution >= 0.6 is 15.9 Å². The summed E-state index contributed by atoms with van der Waals surface area (Å²) in [4.78, 5) is 0. The molecular formula is C35H51BrO3Si2. The molecule has 2 atom stereocenters. The molecule has 0 bridgehead atoms. The summed E-state index contributed by atoms with van der Waals surface area (Å²) in [6.45, 7) is 21.2. The lowest BCUT2D eigenvalue weighted by atomic mass is 9.97. The summed E-state index contributed by atoms with van der Waals surface area (Å²) >= 11 is 3.83. The highest BCUT2D eigenvalue weighted by Gasteiger charge is 2.52. The van der Waals surface area contributed by atoms with Gasteiger partial charge in [-0.2, -0.15) is 0 Å². The maximum atomic E-state index is 11.1. The second-order valence-electron chi connectivity index (χ2n) is 13.3. The zero-order valence-electron chi connectivity index (χ0n) is 26.5. The van der Waals surface area contributed by atoms with Crippen LogP contribution in [0, 0.1) is 5.92 Å². The van der Waals surface area contributed by atoms with Gasteiger partial charge in [0.1, 0.15) is 0 Å². The van der Waals surface area contributed by atoms with Gasteiger partial charge in [0.15, 0.2) is 0 Å². The number of hydrogen-bond donors (Lipinski definition) is 1. The molecule has 0 radical (unpaired) electrons. The highest BCUT2D eigenvalue weighted by molar-refractivity contribution is 9.10. The van der Waals surface area contributed by atoms with Crippen molar-refractivity contribution in [3.63, 3.8) is 0 Å². The Morgan fingerprint density at radius 1 is 0.707 bits per heavy atom. The van der Waals surface area contributed by atoms with E-state index in [1.165, 1.54) is 10.4 Å². The first-order valence-electron chi connectivity index (χ1n) is 15.1. The minimum Gasteiger partial charge on any atom is -0.409 e. The molecule has 3 rings (SSSR count). The lowest BCUT2D eigenvalue weighted by Crippen LogP contribution is -2.67. The summed E-state index contributed by atoms with van der Waals surface area (Å²) in [5.41, 5.74) is 2.34. The van der Waals surface area contributed by atoms with Crippen LogP contribution in [0.1, 0.15) is 74.0 Å². The second kappa shape index (κ2) is 14.3. The number of benzene rings is 3. The van der Waals surface area contributed by atoms with Gasteiger partial charge in [-0.3, -0.25) is 0 Å². The van der Waals surface area contributed by atoms with E-state index in [1.807, 2.05) is 6.07 Å². The van der Waals surface area contributed by atoms with E-state index >= 15 is 0 Å². The van der Waals surface area contributed by atoms with Gasteiger partial charge in [0, 0.05) is 17.0 Å². The fraction of sp³-hybridized carbons (Fsp3) is 0.486. The third kappa shape index (κ3) is 7.00. The van der Waals surface area contributed by atoms with Crippen molar-refractivity contribution in [1.29, 1.82) is 0 Å². The lowest BCUT2D eigenvalue weighted by molar-refractivity contribution is 0.0392. The molecule has 0 heterocycles. The van der Waals surface area contributed by atoms with Crippen LogP contribution in [0.15, 0.2) is 89.4 Å². The molecule has 0 aromatic heterocycles. The molecule has 0 saturated carbocycles. The van der Waals surface area contributed by atoms with E-state index in [-0.39, 0.29) is 23.7 Å². The second-order valence-corrected chi connectivity index (χ2v) is 23.9. The Morgan fingerprint density at radius 2 is 1.15 bits per heavy atom. The van der Waals surface area contributed by atoms with Gasteiger partial charge in [-0.05, 0) is 43.7 Å². The van der Waals surface area contributed by atoms with E-state index in [1.54, 1.807) is 0 Å². The smallest absolute Gasteiger partial charge is 0.261 e. The summed E-state index contributed by atoms with van der Waals surface area (Å²) in [6.07, 6.45) is -0.298. The van der Waals surface area contributed by atoms with Gasteiger partial charge in [-0.15, -0.1) is 0 Å². The molecule has 0 unspecified atom stereocenters. The zero-order valence-corrected chi connectivity index (χ0v) is 30.1. The molecule has 0 aliphatic rings. The molecular weight excluding hydrogens is 604 g/mol. The maximum Gasteiger partial charge on any atom is 0.261 e. The molecule has 3 nitrogen and oxygen atoms in total. The third-order valence-electron chi connectivity index (χ3n) is 8.84. The standard InChI is InChI=1S/C35H51BrO3Si2/c1-26(2)40(27(3)4,28(5)6)39-34(32-22-16-17-23-33(32)36)29(24-37)25-38-41(35(7,8)9,30-18-12-10-13-19-30)31-20-14-11-15-21-31/h10-23,26-29,34,37H,24-25H2,1-9H3/t29-,34+/m0/s1. The summed E-state index contributed by atoms with van der Waals surface area (Å²) in [7, 11) is -5.07. The maximum absolute atomic E-state index is 11.1. The van der Waals surface area contributed by atoms with Crippen molar-refractivity contribution in [3.8, 4) is 0 Å². The molecule has 41 heavy (non-hydrogen) atoms. The van der Waals surface area contributed by atoms with E-state index in [0.717, 1.165) is 10.0 Å². The first-order valence-corrected chi connectivity index (χ1v) is 19.9. The predicted octanol–water partition coefficient (Wildman–Crippen LogP) is 8.87. The van der Waals surface area contributed by atoms with E-state index in [9.17, 15) is 5.11 Å². The molecule has 0 saturated heterocycles. The van der Waals surface area contributed by atoms with Crippen molar-refractivity contribution in [2.75, 3.05) is 13.2 Å². The van der Waals surface area contributed by atoms with Crippen LogP contribution in [-0.2, 0) is 8.85 Å². The molecule has 0 amide bonds. The topological polar surface area (TPSA) is 38.7 Å². The van der Waals surface area contributed by atoms with Crippen LogP contribution in [0.5, 0.6) is 0 Å². The fourth-order valence-electron chi connectivity index (χ4n) is 6.98. The van der Waals surface area contributed by atoms with Crippen molar-refractivity contribution < 1.29 is 14.0 Å². The quantitative estimate of drug-likeness (QED) is 0.187. The van der Waals surface area contributed by atoms with Crippen molar-refractivity contribution in [1.82, 2.24) is 0 Å². The van der Waals surface area contributed by atoms with Gasteiger partial charge in [0.25, 0.3) is 8.32 Å². The molecule has 3 aromatic carbocycles. The first kappa shape index (κ1) is 33.9. The lowest BCUT2D eigenvalue weighted by Gasteiger charge is -2.47. The molecule has 0 spiro atoms. The average Bonchev–Trinajstić information content (AvgIpc) is 2.92. The Hall–Kier alpha value is -1.55. The largest absolute Gasteiger partial charge is 0.409 e. The van der Waals surface area contributed by atoms with Gasteiger partial charge in [0.2, 0.25) is 8.32 Å². The highest BCUT2D eigenvalue weighted by atomic mass is 79.9. The van der Waals surface area contributed by atoms with Crippen molar-refractivity contribution in [3.05, 3.63) is 95.0 Å². The van der Waals surface area contributed by atoms with Crippen molar-refractivity contribution in [2.24, 2.45) is 5.92 Å². The number of aliphatic hydroxyl groups excluding tert-OH is 1.